The summed E-state index contributed by atoms with van der Waals surface area (Å²) < 4.78 is 4.86. The van der Waals surface area contributed by atoms with Gasteiger partial charge in [0.05, 0.1) is 7.11 Å². The summed E-state index contributed by atoms with van der Waals surface area (Å²) in [6.45, 7) is 0.944. The Bertz CT molecular complexity index is 377. The van der Waals surface area contributed by atoms with Gasteiger partial charge in [0.1, 0.15) is 6.04 Å². The number of rotatable bonds is 2. The van der Waals surface area contributed by atoms with Crippen molar-refractivity contribution in [3.63, 3.8) is 0 Å². The van der Waals surface area contributed by atoms with Gasteiger partial charge in [-0.15, -0.1) is 0 Å². The van der Waals surface area contributed by atoms with Gasteiger partial charge in [0.25, 0.3) is 0 Å². The van der Waals surface area contributed by atoms with Crippen LogP contribution in [0.1, 0.15) is 24.3 Å². The highest BCUT2D eigenvalue weighted by molar-refractivity contribution is 5.75. The number of piperidine rings is 1. The Balaban J connectivity index is 2.10. The fourth-order valence-electron chi connectivity index (χ4n) is 2.52. The summed E-state index contributed by atoms with van der Waals surface area (Å²) in [5.74, 6) is 0.352. The summed E-state index contributed by atoms with van der Waals surface area (Å²) in [4.78, 5) is 13.8. The normalized spacial score (nSPS) is 25.5. The number of ether oxygens (including phenoxy) is 1. The first-order valence-corrected chi connectivity index (χ1v) is 6.05. The monoisotopic (exact) mass is 233 g/mol. The van der Waals surface area contributed by atoms with E-state index in [1.165, 1.54) is 12.7 Å². The largest absolute Gasteiger partial charge is 0.468 e. The van der Waals surface area contributed by atoms with Crippen molar-refractivity contribution in [3.8, 4) is 0 Å². The number of nitrogens with zero attached hydrogens (tertiary/aromatic N) is 1. The molecule has 0 radical (unpaired) electrons. The van der Waals surface area contributed by atoms with Gasteiger partial charge >= 0.3 is 5.97 Å². The molecule has 0 N–H and O–H groups in total. The van der Waals surface area contributed by atoms with Crippen LogP contribution in [0, 0.1) is 0 Å². The second kappa shape index (κ2) is 5.32. The molecule has 0 unspecified atom stereocenters. The summed E-state index contributed by atoms with van der Waals surface area (Å²) in [5.41, 5.74) is 1.33. The van der Waals surface area contributed by atoms with Crippen LogP contribution in [0.4, 0.5) is 0 Å². The zero-order valence-corrected chi connectivity index (χ0v) is 10.4. The number of likely N-dealkylation sites (N-methyl/N-ethyl adjacent to an activating group) is 1. The molecule has 1 saturated heterocycles. The lowest BCUT2D eigenvalue weighted by Crippen LogP contribution is -2.44. The van der Waals surface area contributed by atoms with Gasteiger partial charge in [0.15, 0.2) is 0 Å². The van der Waals surface area contributed by atoms with Crippen LogP contribution in [-0.4, -0.2) is 37.6 Å². The highest BCUT2D eigenvalue weighted by atomic mass is 16.5. The lowest BCUT2D eigenvalue weighted by Gasteiger charge is -2.35. The van der Waals surface area contributed by atoms with Gasteiger partial charge in [0.2, 0.25) is 0 Å². The van der Waals surface area contributed by atoms with Crippen LogP contribution >= 0.6 is 0 Å². The van der Waals surface area contributed by atoms with E-state index in [0.29, 0.717) is 5.92 Å². The predicted molar refractivity (Wildman–Crippen MR) is 66.9 cm³/mol. The van der Waals surface area contributed by atoms with Gasteiger partial charge < -0.3 is 4.74 Å². The minimum absolute atomic E-state index is 0.0982. The maximum absolute atomic E-state index is 11.7. The van der Waals surface area contributed by atoms with Gasteiger partial charge in [-0.1, -0.05) is 30.3 Å². The number of hydrogen-bond donors (Lipinski definition) is 0. The van der Waals surface area contributed by atoms with E-state index >= 15 is 0 Å². The van der Waals surface area contributed by atoms with E-state index < -0.39 is 0 Å². The molecule has 1 aliphatic rings. The summed E-state index contributed by atoms with van der Waals surface area (Å²) in [5, 5.41) is 0. The summed E-state index contributed by atoms with van der Waals surface area (Å²) in [6.07, 6.45) is 1.96. The summed E-state index contributed by atoms with van der Waals surface area (Å²) in [6, 6.07) is 10.3. The van der Waals surface area contributed by atoms with Crippen molar-refractivity contribution in [2.75, 3.05) is 20.7 Å². The molecule has 2 atom stereocenters. The molecule has 0 aliphatic carbocycles. The van der Waals surface area contributed by atoms with E-state index in [0.717, 1.165) is 19.4 Å². The molecule has 17 heavy (non-hydrogen) atoms. The Morgan fingerprint density at radius 2 is 2.06 bits per heavy atom. The lowest BCUT2D eigenvalue weighted by atomic mass is 9.85. The van der Waals surface area contributed by atoms with Gasteiger partial charge in [-0.3, -0.25) is 9.69 Å². The lowest BCUT2D eigenvalue weighted by molar-refractivity contribution is -0.147. The minimum Gasteiger partial charge on any atom is -0.468 e. The molecule has 1 aromatic carbocycles. The van der Waals surface area contributed by atoms with Crippen LogP contribution in [0.15, 0.2) is 30.3 Å². The van der Waals surface area contributed by atoms with E-state index in [1.807, 2.05) is 13.1 Å². The fourth-order valence-corrected chi connectivity index (χ4v) is 2.52. The third-order valence-corrected chi connectivity index (χ3v) is 3.61. The molecule has 92 valence electrons. The maximum atomic E-state index is 11.7. The molecular weight excluding hydrogens is 214 g/mol. The number of esters is 1. The van der Waals surface area contributed by atoms with Crippen molar-refractivity contribution < 1.29 is 9.53 Å². The first-order valence-electron chi connectivity index (χ1n) is 6.05. The number of benzene rings is 1. The molecule has 0 bridgehead atoms. The van der Waals surface area contributed by atoms with E-state index in [2.05, 4.69) is 29.2 Å². The molecule has 1 fully saturated rings. The Hall–Kier alpha value is -1.35. The van der Waals surface area contributed by atoms with Gasteiger partial charge in [0, 0.05) is 0 Å². The number of methoxy groups -OCH3 is 1. The van der Waals surface area contributed by atoms with Gasteiger partial charge in [-0.2, -0.15) is 0 Å². The van der Waals surface area contributed by atoms with Crippen molar-refractivity contribution in [2.45, 2.75) is 24.8 Å². The van der Waals surface area contributed by atoms with Crippen molar-refractivity contribution in [1.29, 1.82) is 0 Å². The average molecular weight is 233 g/mol. The quantitative estimate of drug-likeness (QED) is 0.732. The van der Waals surface area contributed by atoms with E-state index in [1.54, 1.807) is 0 Å². The highest BCUT2D eigenvalue weighted by Gasteiger charge is 2.32. The zero-order valence-electron chi connectivity index (χ0n) is 10.4. The average Bonchev–Trinajstić information content (AvgIpc) is 2.39. The molecule has 0 spiro atoms. The van der Waals surface area contributed by atoms with Crippen LogP contribution in [-0.2, 0) is 9.53 Å². The molecule has 3 nitrogen and oxygen atoms in total. The first kappa shape index (κ1) is 12.1. The Morgan fingerprint density at radius 1 is 1.35 bits per heavy atom. The Morgan fingerprint density at radius 3 is 2.71 bits per heavy atom. The van der Waals surface area contributed by atoms with Crippen molar-refractivity contribution >= 4 is 5.97 Å². The standard InChI is InChI=1S/C14H19NO2/c1-15-9-8-12(10-13(15)14(16)17-2)11-6-4-3-5-7-11/h3-7,12-13H,8-10H2,1-2H3/t12-,13+/m0/s1. The summed E-state index contributed by atoms with van der Waals surface area (Å²) >= 11 is 0. The second-order valence-corrected chi connectivity index (χ2v) is 4.65. The molecule has 1 heterocycles. The zero-order chi connectivity index (χ0) is 12.3. The molecule has 1 aromatic rings. The number of likely N-dealkylation sites (tertiary alicyclic amines) is 1. The number of hydrogen-bond acceptors (Lipinski definition) is 3. The highest BCUT2D eigenvalue weighted by Crippen LogP contribution is 2.31. The van der Waals surface area contributed by atoms with Crippen LogP contribution in [0.2, 0.25) is 0 Å². The Labute approximate surface area is 102 Å². The Kier molecular flexibility index (Phi) is 3.79. The minimum atomic E-state index is -0.117. The molecule has 0 saturated carbocycles. The van der Waals surface area contributed by atoms with E-state index in [4.69, 9.17) is 4.74 Å². The van der Waals surface area contributed by atoms with Crippen molar-refractivity contribution in [3.05, 3.63) is 35.9 Å². The number of carbonyl (C=O) groups excluding carboxylic acids is 1. The van der Waals surface area contributed by atoms with E-state index in [-0.39, 0.29) is 12.0 Å². The van der Waals surface area contributed by atoms with Crippen LogP contribution in [0.3, 0.4) is 0 Å². The fraction of sp³-hybridized carbons (Fsp3) is 0.500. The smallest absolute Gasteiger partial charge is 0.323 e. The maximum Gasteiger partial charge on any atom is 0.323 e. The van der Waals surface area contributed by atoms with Crippen LogP contribution in [0.25, 0.3) is 0 Å². The molecule has 0 aromatic heterocycles. The molecule has 3 heteroatoms. The SMILES string of the molecule is COC(=O)[C@H]1C[C@@H](c2ccccc2)CCN1C. The third-order valence-electron chi connectivity index (χ3n) is 3.61. The molecule has 0 amide bonds. The van der Waals surface area contributed by atoms with Crippen LogP contribution in [0.5, 0.6) is 0 Å². The number of carbonyl (C=O) groups is 1. The van der Waals surface area contributed by atoms with Crippen molar-refractivity contribution in [2.24, 2.45) is 0 Å². The third kappa shape index (κ3) is 2.67. The van der Waals surface area contributed by atoms with Crippen LogP contribution < -0.4 is 0 Å². The van der Waals surface area contributed by atoms with Crippen molar-refractivity contribution in [1.82, 2.24) is 4.90 Å². The summed E-state index contributed by atoms with van der Waals surface area (Å²) in [7, 11) is 3.45. The first-order chi connectivity index (χ1) is 8.22. The molecular formula is C14H19NO2. The van der Waals surface area contributed by atoms with Gasteiger partial charge in [-0.05, 0) is 37.9 Å². The molecule has 1 aliphatic heterocycles. The second-order valence-electron chi connectivity index (χ2n) is 4.65. The molecule has 2 rings (SSSR count). The topological polar surface area (TPSA) is 29.5 Å². The van der Waals surface area contributed by atoms with E-state index in [9.17, 15) is 4.79 Å². The van der Waals surface area contributed by atoms with Gasteiger partial charge in [-0.25, -0.2) is 0 Å². The predicted octanol–water partition coefficient (Wildman–Crippen LogP) is 2.04.